The Morgan fingerprint density at radius 1 is 1.24 bits per heavy atom. The smallest absolute Gasteiger partial charge is 0.0438 e. The van der Waals surface area contributed by atoms with E-state index in [0.717, 1.165) is 36.6 Å². The molecule has 0 heterocycles. The molecule has 96 valence electrons. The highest BCUT2D eigenvalue weighted by molar-refractivity contribution is 6.31. The van der Waals surface area contributed by atoms with Gasteiger partial charge in [-0.15, -0.1) is 0 Å². The lowest BCUT2D eigenvalue weighted by molar-refractivity contribution is 0.547. The maximum atomic E-state index is 6.07. The summed E-state index contributed by atoms with van der Waals surface area (Å²) in [4.78, 5) is 0. The van der Waals surface area contributed by atoms with Crippen LogP contribution in [0.2, 0.25) is 5.02 Å². The van der Waals surface area contributed by atoms with Crippen LogP contribution >= 0.6 is 11.6 Å². The zero-order valence-corrected chi connectivity index (χ0v) is 11.8. The van der Waals surface area contributed by atoms with Crippen LogP contribution in [0, 0.1) is 6.92 Å². The van der Waals surface area contributed by atoms with Crippen molar-refractivity contribution in [1.82, 2.24) is 10.6 Å². The second kappa shape index (κ2) is 7.70. The number of aryl methyl sites for hydroxylation is 1. The lowest BCUT2D eigenvalue weighted by Gasteiger charge is -2.09. The minimum atomic E-state index is 0.575. The molecule has 0 saturated heterocycles. The summed E-state index contributed by atoms with van der Waals surface area (Å²) in [6.45, 7) is 9.35. The Bertz CT molecular complexity index is 337. The van der Waals surface area contributed by atoms with Crippen molar-refractivity contribution in [1.29, 1.82) is 0 Å². The molecule has 0 aliphatic rings. The molecule has 0 aliphatic heterocycles. The van der Waals surface area contributed by atoms with Crippen molar-refractivity contribution in [2.45, 2.75) is 39.8 Å². The molecule has 0 bridgehead atoms. The summed E-state index contributed by atoms with van der Waals surface area (Å²) in [5.41, 5.74) is 2.38. The third-order valence-corrected chi connectivity index (χ3v) is 3.06. The van der Waals surface area contributed by atoms with Crippen LogP contribution in [-0.4, -0.2) is 19.1 Å². The first-order chi connectivity index (χ1) is 8.09. The van der Waals surface area contributed by atoms with Crippen LogP contribution in [0.25, 0.3) is 0 Å². The SMILES string of the molecule is Cc1ccc(CNCCCNC(C)C)cc1Cl. The standard InChI is InChI=1S/C14H23ClN2/c1-11(2)17-8-4-7-16-10-13-6-5-12(3)14(15)9-13/h5-6,9,11,16-17H,4,7-8,10H2,1-3H3. The summed E-state index contributed by atoms with van der Waals surface area (Å²) in [6, 6.07) is 6.81. The Balaban J connectivity index is 2.16. The molecule has 1 aromatic carbocycles. The molecule has 0 spiro atoms. The molecule has 1 rings (SSSR count). The van der Waals surface area contributed by atoms with Gasteiger partial charge in [0.1, 0.15) is 0 Å². The van der Waals surface area contributed by atoms with Crippen molar-refractivity contribution < 1.29 is 0 Å². The maximum Gasteiger partial charge on any atom is 0.0438 e. The van der Waals surface area contributed by atoms with Crippen LogP contribution in [0.5, 0.6) is 0 Å². The quantitative estimate of drug-likeness (QED) is 0.731. The molecule has 0 radical (unpaired) electrons. The molecule has 17 heavy (non-hydrogen) atoms. The summed E-state index contributed by atoms with van der Waals surface area (Å²) in [5.74, 6) is 0. The molecule has 1 aromatic rings. The highest BCUT2D eigenvalue weighted by Crippen LogP contribution is 2.16. The second-order valence-electron chi connectivity index (χ2n) is 4.72. The van der Waals surface area contributed by atoms with Gasteiger partial charge in [-0.2, -0.15) is 0 Å². The molecular weight excluding hydrogens is 232 g/mol. The summed E-state index contributed by atoms with van der Waals surface area (Å²) >= 11 is 6.07. The fraction of sp³-hybridized carbons (Fsp3) is 0.571. The fourth-order valence-electron chi connectivity index (χ4n) is 1.58. The predicted molar refractivity (Wildman–Crippen MR) is 75.7 cm³/mol. The third-order valence-electron chi connectivity index (χ3n) is 2.65. The first kappa shape index (κ1) is 14.5. The molecule has 0 fully saturated rings. The van der Waals surface area contributed by atoms with Gasteiger partial charge in [-0.3, -0.25) is 0 Å². The third kappa shape index (κ3) is 6.06. The van der Waals surface area contributed by atoms with Gasteiger partial charge in [0.05, 0.1) is 0 Å². The summed E-state index contributed by atoms with van der Waals surface area (Å²) in [7, 11) is 0. The minimum Gasteiger partial charge on any atom is -0.314 e. The topological polar surface area (TPSA) is 24.1 Å². The van der Waals surface area contributed by atoms with E-state index in [0.29, 0.717) is 6.04 Å². The first-order valence-electron chi connectivity index (χ1n) is 6.28. The molecule has 0 aliphatic carbocycles. The van der Waals surface area contributed by atoms with Gasteiger partial charge >= 0.3 is 0 Å². The molecule has 2 N–H and O–H groups in total. The Morgan fingerprint density at radius 3 is 2.65 bits per heavy atom. The number of hydrogen-bond acceptors (Lipinski definition) is 2. The van der Waals surface area contributed by atoms with Crippen LogP contribution in [0.4, 0.5) is 0 Å². The molecule has 2 nitrogen and oxygen atoms in total. The minimum absolute atomic E-state index is 0.575. The van der Waals surface area contributed by atoms with Crippen LogP contribution in [0.1, 0.15) is 31.4 Å². The van der Waals surface area contributed by atoms with Crippen molar-refractivity contribution >= 4 is 11.6 Å². The van der Waals surface area contributed by atoms with Crippen molar-refractivity contribution in [2.75, 3.05) is 13.1 Å². The van der Waals surface area contributed by atoms with Crippen molar-refractivity contribution in [3.05, 3.63) is 34.3 Å². The van der Waals surface area contributed by atoms with E-state index in [-0.39, 0.29) is 0 Å². The van der Waals surface area contributed by atoms with Crippen LogP contribution < -0.4 is 10.6 Å². The molecule has 0 amide bonds. The average molecular weight is 255 g/mol. The second-order valence-corrected chi connectivity index (χ2v) is 5.13. The van der Waals surface area contributed by atoms with Crippen molar-refractivity contribution in [3.8, 4) is 0 Å². The molecule has 0 unspecified atom stereocenters. The van der Waals surface area contributed by atoms with E-state index in [2.05, 4.69) is 36.6 Å². The predicted octanol–water partition coefficient (Wildman–Crippen LogP) is 3.13. The van der Waals surface area contributed by atoms with Crippen LogP contribution in [-0.2, 0) is 6.54 Å². The fourth-order valence-corrected chi connectivity index (χ4v) is 1.79. The summed E-state index contributed by atoms with van der Waals surface area (Å²) < 4.78 is 0. The lowest BCUT2D eigenvalue weighted by atomic mass is 10.1. The van der Waals surface area contributed by atoms with Crippen LogP contribution in [0.3, 0.4) is 0 Å². The van der Waals surface area contributed by atoms with E-state index >= 15 is 0 Å². The average Bonchev–Trinajstić information content (AvgIpc) is 2.27. The lowest BCUT2D eigenvalue weighted by Crippen LogP contribution is -2.26. The van der Waals surface area contributed by atoms with E-state index < -0.39 is 0 Å². The molecule has 0 saturated carbocycles. The zero-order chi connectivity index (χ0) is 12.7. The van der Waals surface area contributed by atoms with Gasteiger partial charge < -0.3 is 10.6 Å². The Labute approximate surface area is 110 Å². The molecule has 0 atom stereocenters. The zero-order valence-electron chi connectivity index (χ0n) is 11.0. The van der Waals surface area contributed by atoms with E-state index in [4.69, 9.17) is 11.6 Å². The van der Waals surface area contributed by atoms with Gasteiger partial charge in [-0.05, 0) is 43.6 Å². The number of benzene rings is 1. The monoisotopic (exact) mass is 254 g/mol. The van der Waals surface area contributed by atoms with E-state index in [1.54, 1.807) is 0 Å². The first-order valence-corrected chi connectivity index (χ1v) is 6.66. The normalized spacial score (nSPS) is 11.1. The van der Waals surface area contributed by atoms with Crippen molar-refractivity contribution in [3.63, 3.8) is 0 Å². The number of hydrogen-bond donors (Lipinski definition) is 2. The van der Waals surface area contributed by atoms with Gasteiger partial charge in [0.15, 0.2) is 0 Å². The highest BCUT2D eigenvalue weighted by Gasteiger charge is 1.97. The Hall–Kier alpha value is -0.570. The number of nitrogens with one attached hydrogen (secondary N) is 2. The van der Waals surface area contributed by atoms with Gasteiger partial charge in [0, 0.05) is 17.6 Å². The largest absolute Gasteiger partial charge is 0.314 e. The number of halogens is 1. The molecule has 3 heteroatoms. The molecular formula is C14H23ClN2. The number of rotatable bonds is 7. The summed E-state index contributed by atoms with van der Waals surface area (Å²) in [6.07, 6.45) is 1.15. The van der Waals surface area contributed by atoms with E-state index in [9.17, 15) is 0 Å². The van der Waals surface area contributed by atoms with E-state index in [1.165, 1.54) is 5.56 Å². The van der Waals surface area contributed by atoms with Gasteiger partial charge in [-0.25, -0.2) is 0 Å². The van der Waals surface area contributed by atoms with Gasteiger partial charge in [0.2, 0.25) is 0 Å². The highest BCUT2D eigenvalue weighted by atomic mass is 35.5. The van der Waals surface area contributed by atoms with Crippen molar-refractivity contribution in [2.24, 2.45) is 0 Å². The van der Waals surface area contributed by atoms with Crippen LogP contribution in [0.15, 0.2) is 18.2 Å². The summed E-state index contributed by atoms with van der Waals surface area (Å²) in [5, 5.41) is 7.68. The van der Waals surface area contributed by atoms with Gasteiger partial charge in [-0.1, -0.05) is 37.6 Å². The Morgan fingerprint density at radius 2 is 2.00 bits per heavy atom. The Kier molecular flexibility index (Phi) is 6.56. The van der Waals surface area contributed by atoms with E-state index in [1.807, 2.05) is 13.0 Å². The maximum absolute atomic E-state index is 6.07. The van der Waals surface area contributed by atoms with Gasteiger partial charge in [0.25, 0.3) is 0 Å². The molecule has 0 aromatic heterocycles.